The monoisotopic (exact) mass is 211 g/mol. The average Bonchev–Trinajstić information content (AvgIpc) is 2.79. The van der Waals surface area contributed by atoms with Crippen molar-refractivity contribution in [3.8, 4) is 0 Å². The van der Waals surface area contributed by atoms with Gasteiger partial charge in [-0.15, -0.1) is 0 Å². The molecule has 0 amide bonds. The largest absolute Gasteiger partial charge is 0.376 e. The number of ether oxygens (including phenoxy) is 2. The first-order valence-corrected chi connectivity index (χ1v) is 6.40. The van der Waals surface area contributed by atoms with Gasteiger partial charge in [-0.1, -0.05) is 0 Å². The van der Waals surface area contributed by atoms with Gasteiger partial charge < -0.3 is 14.8 Å². The maximum absolute atomic E-state index is 5.84. The molecule has 1 saturated carbocycles. The van der Waals surface area contributed by atoms with Crippen molar-refractivity contribution in [3.05, 3.63) is 0 Å². The highest BCUT2D eigenvalue weighted by atomic mass is 16.5. The molecule has 0 spiro atoms. The predicted molar refractivity (Wildman–Crippen MR) is 57.8 cm³/mol. The van der Waals surface area contributed by atoms with E-state index in [9.17, 15) is 0 Å². The minimum Gasteiger partial charge on any atom is -0.376 e. The second kappa shape index (κ2) is 4.40. The first-order valence-electron chi connectivity index (χ1n) is 6.40. The number of hydrogen-bond acceptors (Lipinski definition) is 3. The topological polar surface area (TPSA) is 30.5 Å². The molecule has 0 aromatic rings. The zero-order chi connectivity index (χ0) is 10.1. The second-order valence-corrected chi connectivity index (χ2v) is 5.12. The van der Waals surface area contributed by atoms with Crippen LogP contribution in [0, 0.1) is 5.92 Å². The lowest BCUT2D eigenvalue weighted by atomic mass is 9.95. The van der Waals surface area contributed by atoms with Gasteiger partial charge in [0.15, 0.2) is 0 Å². The van der Waals surface area contributed by atoms with E-state index >= 15 is 0 Å². The quantitative estimate of drug-likeness (QED) is 0.761. The van der Waals surface area contributed by atoms with Crippen LogP contribution in [0.25, 0.3) is 0 Å². The van der Waals surface area contributed by atoms with Crippen molar-refractivity contribution < 1.29 is 9.47 Å². The third kappa shape index (κ3) is 2.35. The maximum Gasteiger partial charge on any atom is 0.0877 e. The molecule has 3 rings (SSSR count). The highest BCUT2D eigenvalue weighted by Gasteiger charge is 2.37. The summed E-state index contributed by atoms with van der Waals surface area (Å²) in [5.41, 5.74) is 0. The summed E-state index contributed by atoms with van der Waals surface area (Å²) in [6.45, 7) is 3.00. The van der Waals surface area contributed by atoms with E-state index in [4.69, 9.17) is 9.47 Å². The molecule has 3 atom stereocenters. The van der Waals surface area contributed by atoms with Crippen LogP contribution in [0.5, 0.6) is 0 Å². The Hall–Kier alpha value is -0.120. The lowest BCUT2D eigenvalue weighted by molar-refractivity contribution is -0.0328. The van der Waals surface area contributed by atoms with Crippen molar-refractivity contribution in [2.24, 2.45) is 5.92 Å². The predicted octanol–water partition coefficient (Wildman–Crippen LogP) is 1.32. The molecule has 2 heterocycles. The summed E-state index contributed by atoms with van der Waals surface area (Å²) in [4.78, 5) is 0. The minimum absolute atomic E-state index is 0.374. The van der Waals surface area contributed by atoms with Crippen molar-refractivity contribution in [2.45, 2.75) is 50.4 Å². The molecule has 0 bridgehead atoms. The third-order valence-corrected chi connectivity index (χ3v) is 3.84. The van der Waals surface area contributed by atoms with Gasteiger partial charge in [-0.25, -0.2) is 0 Å². The number of nitrogens with one attached hydrogen (secondary N) is 1. The summed E-state index contributed by atoms with van der Waals surface area (Å²) in [6, 6.07) is 0.816. The lowest BCUT2D eigenvalue weighted by Gasteiger charge is -2.24. The molecule has 2 aliphatic heterocycles. The van der Waals surface area contributed by atoms with Gasteiger partial charge in [0.1, 0.15) is 0 Å². The van der Waals surface area contributed by atoms with Crippen LogP contribution in [0.15, 0.2) is 0 Å². The summed E-state index contributed by atoms with van der Waals surface area (Å²) >= 11 is 0. The zero-order valence-electron chi connectivity index (χ0n) is 9.28. The van der Waals surface area contributed by atoms with Gasteiger partial charge in [-0.05, 0) is 32.1 Å². The highest BCUT2D eigenvalue weighted by molar-refractivity contribution is 4.89. The molecule has 1 aliphatic carbocycles. The van der Waals surface area contributed by atoms with Crippen LogP contribution in [0.1, 0.15) is 32.1 Å². The molecule has 3 aliphatic rings. The molecule has 3 heteroatoms. The Labute approximate surface area is 91.5 Å². The van der Waals surface area contributed by atoms with Crippen LogP contribution < -0.4 is 5.32 Å². The SMILES string of the molecule is C1COC(C2OCCC2CNC2CC2)C1. The summed E-state index contributed by atoms with van der Waals surface area (Å²) in [7, 11) is 0. The van der Waals surface area contributed by atoms with Gasteiger partial charge in [0, 0.05) is 31.7 Å². The van der Waals surface area contributed by atoms with Gasteiger partial charge in [0.25, 0.3) is 0 Å². The summed E-state index contributed by atoms with van der Waals surface area (Å²) in [6.07, 6.45) is 7.13. The molecule has 86 valence electrons. The average molecular weight is 211 g/mol. The van der Waals surface area contributed by atoms with Gasteiger partial charge in [0.2, 0.25) is 0 Å². The highest BCUT2D eigenvalue weighted by Crippen LogP contribution is 2.30. The van der Waals surface area contributed by atoms with Crippen LogP contribution in [0.3, 0.4) is 0 Å². The minimum atomic E-state index is 0.374. The summed E-state index contributed by atoms with van der Waals surface area (Å²) < 4.78 is 11.6. The normalized spacial score (nSPS) is 41.2. The van der Waals surface area contributed by atoms with Crippen LogP contribution in [-0.2, 0) is 9.47 Å². The van der Waals surface area contributed by atoms with E-state index in [1.165, 1.54) is 32.1 Å². The molecule has 3 fully saturated rings. The zero-order valence-corrected chi connectivity index (χ0v) is 9.28. The number of rotatable bonds is 4. The van der Waals surface area contributed by atoms with Crippen molar-refractivity contribution in [3.63, 3.8) is 0 Å². The van der Waals surface area contributed by atoms with Gasteiger partial charge in [-0.3, -0.25) is 0 Å². The van der Waals surface area contributed by atoms with E-state index in [0.29, 0.717) is 18.1 Å². The standard InChI is InChI=1S/C12H21NO2/c1-2-11(14-6-1)12-9(5-7-15-12)8-13-10-3-4-10/h9-13H,1-8H2. The van der Waals surface area contributed by atoms with Crippen LogP contribution in [-0.4, -0.2) is 38.0 Å². The Morgan fingerprint density at radius 2 is 1.93 bits per heavy atom. The smallest absolute Gasteiger partial charge is 0.0877 e. The summed E-state index contributed by atoms with van der Waals surface area (Å²) in [5.74, 6) is 0.689. The lowest BCUT2D eigenvalue weighted by Crippen LogP contribution is -2.36. The molecule has 0 aromatic heterocycles. The number of hydrogen-bond donors (Lipinski definition) is 1. The second-order valence-electron chi connectivity index (χ2n) is 5.12. The Balaban J connectivity index is 1.51. The van der Waals surface area contributed by atoms with Crippen molar-refractivity contribution >= 4 is 0 Å². The van der Waals surface area contributed by atoms with Gasteiger partial charge in [0.05, 0.1) is 12.2 Å². The molecule has 1 N–H and O–H groups in total. The van der Waals surface area contributed by atoms with E-state index < -0.39 is 0 Å². The molecule has 3 unspecified atom stereocenters. The van der Waals surface area contributed by atoms with E-state index in [0.717, 1.165) is 25.8 Å². The Bertz CT molecular complexity index is 212. The van der Waals surface area contributed by atoms with Crippen molar-refractivity contribution in [2.75, 3.05) is 19.8 Å². The first-order chi connectivity index (χ1) is 7.43. The Morgan fingerprint density at radius 1 is 1.00 bits per heavy atom. The van der Waals surface area contributed by atoms with Crippen LogP contribution >= 0.6 is 0 Å². The molecule has 0 aromatic carbocycles. The van der Waals surface area contributed by atoms with E-state index in [1.807, 2.05) is 0 Å². The van der Waals surface area contributed by atoms with E-state index in [-0.39, 0.29) is 0 Å². The summed E-state index contributed by atoms with van der Waals surface area (Å²) in [5, 5.41) is 3.62. The van der Waals surface area contributed by atoms with E-state index in [2.05, 4.69) is 5.32 Å². The fraction of sp³-hybridized carbons (Fsp3) is 1.00. The molecule has 0 radical (unpaired) electrons. The van der Waals surface area contributed by atoms with Crippen molar-refractivity contribution in [1.29, 1.82) is 0 Å². The molecular formula is C12H21NO2. The molecule has 15 heavy (non-hydrogen) atoms. The Morgan fingerprint density at radius 3 is 2.67 bits per heavy atom. The van der Waals surface area contributed by atoms with Gasteiger partial charge in [-0.2, -0.15) is 0 Å². The molecule has 3 nitrogen and oxygen atoms in total. The fourth-order valence-corrected chi connectivity index (χ4v) is 2.75. The third-order valence-electron chi connectivity index (χ3n) is 3.84. The molecular weight excluding hydrogens is 190 g/mol. The van der Waals surface area contributed by atoms with Crippen LogP contribution in [0.4, 0.5) is 0 Å². The maximum atomic E-state index is 5.84. The Kier molecular flexibility index (Phi) is 2.95. The van der Waals surface area contributed by atoms with Gasteiger partial charge >= 0.3 is 0 Å². The first kappa shape index (κ1) is 10.1. The molecule has 2 saturated heterocycles. The van der Waals surface area contributed by atoms with Crippen LogP contribution in [0.2, 0.25) is 0 Å². The van der Waals surface area contributed by atoms with E-state index in [1.54, 1.807) is 0 Å². The fourth-order valence-electron chi connectivity index (χ4n) is 2.75. The van der Waals surface area contributed by atoms with Crippen molar-refractivity contribution in [1.82, 2.24) is 5.32 Å².